The first-order chi connectivity index (χ1) is 14.7. The molecule has 0 saturated heterocycles. The van der Waals surface area contributed by atoms with Crippen LogP contribution in [-0.2, 0) is 14.8 Å². The van der Waals surface area contributed by atoms with Gasteiger partial charge in [0.2, 0.25) is 10.0 Å². The van der Waals surface area contributed by atoms with Crippen LogP contribution in [0.5, 0.6) is 11.5 Å². The number of sulfonamides is 1. The molecular formula is C22H27NO7S. The molecule has 0 heterocycles. The van der Waals surface area contributed by atoms with Crippen molar-refractivity contribution in [1.29, 1.82) is 0 Å². The molecule has 0 bridgehead atoms. The molecule has 0 spiro atoms. The minimum atomic E-state index is -3.41. The van der Waals surface area contributed by atoms with Crippen LogP contribution in [0.1, 0.15) is 41.5 Å². The third kappa shape index (κ3) is 6.45. The molecule has 2 rings (SSSR count). The maximum atomic E-state index is 12.4. The maximum Gasteiger partial charge on any atom is 0.338 e. The van der Waals surface area contributed by atoms with Gasteiger partial charge in [-0.15, -0.1) is 0 Å². The van der Waals surface area contributed by atoms with E-state index >= 15 is 0 Å². The number of esters is 1. The van der Waals surface area contributed by atoms with Crippen LogP contribution in [0.2, 0.25) is 0 Å². The molecule has 0 saturated carbocycles. The van der Waals surface area contributed by atoms with Crippen molar-refractivity contribution >= 4 is 27.5 Å². The van der Waals surface area contributed by atoms with Crippen LogP contribution in [0.15, 0.2) is 42.5 Å². The molecule has 31 heavy (non-hydrogen) atoms. The standard InChI is InChI=1S/C22H27NO7S/c1-5-23(31(4,26)27)18-11-8-16(9-12-18)19(24)15-30-22(25)17-10-13-20(28-6-2)21(14-17)29-7-3/h8-14H,5-7,15H2,1-4H3. The number of anilines is 1. The number of carbonyl (C=O) groups is 2. The number of hydrogen-bond acceptors (Lipinski definition) is 7. The fourth-order valence-corrected chi connectivity index (χ4v) is 3.87. The second-order valence-corrected chi connectivity index (χ2v) is 8.41. The smallest absolute Gasteiger partial charge is 0.338 e. The lowest BCUT2D eigenvalue weighted by Gasteiger charge is -2.20. The normalized spacial score (nSPS) is 11.0. The molecule has 0 amide bonds. The second-order valence-electron chi connectivity index (χ2n) is 6.50. The Kier molecular flexibility index (Phi) is 8.44. The van der Waals surface area contributed by atoms with Gasteiger partial charge < -0.3 is 14.2 Å². The number of ketones is 1. The Hall–Kier alpha value is -3.07. The van der Waals surface area contributed by atoms with Crippen LogP contribution in [0.4, 0.5) is 5.69 Å². The van der Waals surface area contributed by atoms with Gasteiger partial charge in [0.15, 0.2) is 23.9 Å². The quantitative estimate of drug-likeness (QED) is 0.383. The summed E-state index contributed by atoms with van der Waals surface area (Å²) in [7, 11) is -3.41. The SMILES string of the molecule is CCOc1ccc(C(=O)OCC(=O)c2ccc(N(CC)S(C)(=O)=O)cc2)cc1OCC. The number of Topliss-reactive ketones (excluding diaryl/α,β-unsaturated/α-hetero) is 1. The van der Waals surface area contributed by atoms with E-state index in [4.69, 9.17) is 14.2 Å². The van der Waals surface area contributed by atoms with Crippen molar-refractivity contribution in [2.75, 3.05) is 36.9 Å². The fraction of sp³-hybridized carbons (Fsp3) is 0.364. The van der Waals surface area contributed by atoms with Gasteiger partial charge in [-0.05, 0) is 63.2 Å². The predicted molar refractivity (Wildman–Crippen MR) is 118 cm³/mol. The van der Waals surface area contributed by atoms with E-state index in [1.54, 1.807) is 31.2 Å². The second kappa shape index (κ2) is 10.8. The van der Waals surface area contributed by atoms with E-state index in [0.29, 0.717) is 36.0 Å². The zero-order chi connectivity index (χ0) is 23.0. The summed E-state index contributed by atoms with van der Waals surface area (Å²) < 4.78 is 40.9. The zero-order valence-corrected chi connectivity index (χ0v) is 18.9. The first kappa shape index (κ1) is 24.2. The van der Waals surface area contributed by atoms with Gasteiger partial charge in [-0.2, -0.15) is 0 Å². The Labute approximate surface area is 182 Å². The van der Waals surface area contributed by atoms with Gasteiger partial charge in [-0.3, -0.25) is 9.10 Å². The third-order valence-corrected chi connectivity index (χ3v) is 5.55. The molecule has 0 fully saturated rings. The lowest BCUT2D eigenvalue weighted by molar-refractivity contribution is 0.0474. The molecule has 0 radical (unpaired) electrons. The first-order valence-electron chi connectivity index (χ1n) is 9.88. The van der Waals surface area contributed by atoms with Crippen molar-refractivity contribution in [2.24, 2.45) is 0 Å². The molecule has 0 aromatic heterocycles. The van der Waals surface area contributed by atoms with E-state index in [-0.39, 0.29) is 12.1 Å². The molecule has 0 aliphatic carbocycles. The summed E-state index contributed by atoms with van der Waals surface area (Å²) in [6, 6.07) is 10.8. The van der Waals surface area contributed by atoms with Crippen LogP contribution >= 0.6 is 0 Å². The van der Waals surface area contributed by atoms with Crippen molar-refractivity contribution in [2.45, 2.75) is 20.8 Å². The highest BCUT2D eigenvalue weighted by atomic mass is 32.2. The minimum Gasteiger partial charge on any atom is -0.490 e. The van der Waals surface area contributed by atoms with Crippen molar-refractivity contribution < 1.29 is 32.2 Å². The Balaban J connectivity index is 2.05. The summed E-state index contributed by atoms with van der Waals surface area (Å²) in [5.74, 6) is -0.124. The lowest BCUT2D eigenvalue weighted by atomic mass is 10.1. The van der Waals surface area contributed by atoms with E-state index in [2.05, 4.69) is 0 Å². The summed E-state index contributed by atoms with van der Waals surface area (Å²) in [4.78, 5) is 24.7. The van der Waals surface area contributed by atoms with Crippen LogP contribution in [-0.4, -0.2) is 52.8 Å². The largest absolute Gasteiger partial charge is 0.490 e. The van der Waals surface area contributed by atoms with Crippen LogP contribution in [0.25, 0.3) is 0 Å². The molecule has 2 aromatic rings. The molecule has 0 atom stereocenters. The molecule has 9 heteroatoms. The van der Waals surface area contributed by atoms with E-state index in [0.717, 1.165) is 6.26 Å². The van der Waals surface area contributed by atoms with Crippen molar-refractivity contribution in [3.05, 3.63) is 53.6 Å². The molecule has 8 nitrogen and oxygen atoms in total. The molecule has 0 N–H and O–H groups in total. The van der Waals surface area contributed by atoms with E-state index in [1.165, 1.54) is 22.5 Å². The Morgan fingerprint density at radius 3 is 2.00 bits per heavy atom. The molecule has 0 aliphatic rings. The zero-order valence-electron chi connectivity index (χ0n) is 18.1. The monoisotopic (exact) mass is 449 g/mol. The lowest BCUT2D eigenvalue weighted by Crippen LogP contribution is -2.29. The summed E-state index contributed by atoms with van der Waals surface area (Å²) in [6.07, 6.45) is 1.12. The van der Waals surface area contributed by atoms with Crippen LogP contribution in [0.3, 0.4) is 0 Å². The number of carbonyl (C=O) groups excluding carboxylic acids is 2. The summed E-state index contributed by atoms with van der Waals surface area (Å²) in [5.41, 5.74) is 1.00. The minimum absolute atomic E-state index is 0.238. The maximum absolute atomic E-state index is 12.4. The number of benzene rings is 2. The van der Waals surface area contributed by atoms with Gasteiger partial charge in [0.1, 0.15) is 0 Å². The average molecular weight is 450 g/mol. The highest BCUT2D eigenvalue weighted by Crippen LogP contribution is 2.29. The summed E-state index contributed by atoms with van der Waals surface area (Å²) in [5, 5.41) is 0. The summed E-state index contributed by atoms with van der Waals surface area (Å²) in [6.45, 7) is 6.07. The van der Waals surface area contributed by atoms with Crippen LogP contribution in [0, 0.1) is 0 Å². The van der Waals surface area contributed by atoms with Gasteiger partial charge in [0.25, 0.3) is 0 Å². The first-order valence-corrected chi connectivity index (χ1v) is 11.7. The van der Waals surface area contributed by atoms with Gasteiger partial charge in [-0.25, -0.2) is 13.2 Å². The highest BCUT2D eigenvalue weighted by Gasteiger charge is 2.17. The van der Waals surface area contributed by atoms with Gasteiger partial charge in [-0.1, -0.05) is 0 Å². The topological polar surface area (TPSA) is 99.2 Å². The molecule has 0 aliphatic heterocycles. The van der Waals surface area contributed by atoms with Gasteiger partial charge >= 0.3 is 5.97 Å². The predicted octanol–water partition coefficient (Wildman–Crippen LogP) is 3.31. The summed E-state index contributed by atoms with van der Waals surface area (Å²) >= 11 is 0. The molecule has 168 valence electrons. The number of ether oxygens (including phenoxy) is 3. The molecular weight excluding hydrogens is 422 g/mol. The van der Waals surface area contributed by atoms with Crippen molar-refractivity contribution in [1.82, 2.24) is 0 Å². The van der Waals surface area contributed by atoms with Crippen molar-refractivity contribution in [3.63, 3.8) is 0 Å². The fourth-order valence-electron chi connectivity index (χ4n) is 2.90. The van der Waals surface area contributed by atoms with Gasteiger partial charge in [0, 0.05) is 12.1 Å². The van der Waals surface area contributed by atoms with Gasteiger partial charge in [0.05, 0.1) is 30.7 Å². The Bertz CT molecular complexity index is 1020. The Morgan fingerprint density at radius 2 is 1.45 bits per heavy atom. The average Bonchev–Trinajstić information content (AvgIpc) is 2.73. The van der Waals surface area contributed by atoms with E-state index < -0.39 is 28.4 Å². The number of rotatable bonds is 11. The van der Waals surface area contributed by atoms with E-state index in [1.807, 2.05) is 13.8 Å². The number of hydrogen-bond donors (Lipinski definition) is 0. The van der Waals surface area contributed by atoms with Crippen LogP contribution < -0.4 is 13.8 Å². The number of nitrogens with zero attached hydrogens (tertiary/aromatic N) is 1. The molecule has 2 aromatic carbocycles. The highest BCUT2D eigenvalue weighted by molar-refractivity contribution is 7.92. The Morgan fingerprint density at radius 1 is 0.871 bits per heavy atom. The van der Waals surface area contributed by atoms with E-state index in [9.17, 15) is 18.0 Å². The van der Waals surface area contributed by atoms with Crippen molar-refractivity contribution in [3.8, 4) is 11.5 Å². The molecule has 0 unspecified atom stereocenters. The third-order valence-electron chi connectivity index (χ3n) is 4.28.